The second-order valence-electron chi connectivity index (χ2n) is 3.96. The van der Waals surface area contributed by atoms with E-state index in [0.717, 1.165) is 36.4 Å². The van der Waals surface area contributed by atoms with Gasteiger partial charge in [0, 0.05) is 17.7 Å². The van der Waals surface area contributed by atoms with Gasteiger partial charge in [0.1, 0.15) is 23.3 Å². The van der Waals surface area contributed by atoms with Gasteiger partial charge in [-0.3, -0.25) is 0 Å². The van der Waals surface area contributed by atoms with Crippen molar-refractivity contribution in [3.8, 4) is 11.8 Å². The van der Waals surface area contributed by atoms with Crippen molar-refractivity contribution in [2.75, 3.05) is 0 Å². The number of rotatable bonds is 1. The molecule has 0 saturated heterocycles. The van der Waals surface area contributed by atoms with E-state index in [1.54, 1.807) is 0 Å². The zero-order valence-corrected chi connectivity index (χ0v) is 10.1. The van der Waals surface area contributed by atoms with Gasteiger partial charge in [-0.2, -0.15) is 0 Å². The van der Waals surface area contributed by atoms with Crippen LogP contribution in [0.15, 0.2) is 42.5 Å². The molecule has 0 unspecified atom stereocenters. The molecule has 0 saturated carbocycles. The SMILES string of the molecule is Fc1cc(F)cc(C#C/C=C/c2cc(F)cc(F)c2)c1. The summed E-state index contributed by atoms with van der Waals surface area (Å²) in [5.41, 5.74) is 0.486. The lowest BCUT2D eigenvalue weighted by Gasteiger charge is -1.94. The first kappa shape index (κ1) is 13.9. The monoisotopic (exact) mass is 276 g/mol. The highest BCUT2D eigenvalue weighted by molar-refractivity contribution is 5.53. The Balaban J connectivity index is 2.16. The van der Waals surface area contributed by atoms with Crippen LogP contribution in [0, 0.1) is 35.1 Å². The number of hydrogen-bond acceptors (Lipinski definition) is 0. The average Bonchev–Trinajstić information content (AvgIpc) is 2.32. The summed E-state index contributed by atoms with van der Waals surface area (Å²) in [6.45, 7) is 0. The van der Waals surface area contributed by atoms with Gasteiger partial charge in [-0.15, -0.1) is 0 Å². The molecule has 0 radical (unpaired) electrons. The van der Waals surface area contributed by atoms with Crippen molar-refractivity contribution in [2.45, 2.75) is 0 Å². The number of hydrogen-bond donors (Lipinski definition) is 0. The first-order valence-electron chi connectivity index (χ1n) is 5.63. The Hall–Kier alpha value is -2.54. The number of benzene rings is 2. The Kier molecular flexibility index (Phi) is 4.21. The highest BCUT2D eigenvalue weighted by Gasteiger charge is 1.97. The van der Waals surface area contributed by atoms with Crippen LogP contribution in [0.3, 0.4) is 0 Å². The Morgan fingerprint density at radius 1 is 0.700 bits per heavy atom. The average molecular weight is 276 g/mol. The smallest absolute Gasteiger partial charge is 0.127 e. The first-order chi connectivity index (χ1) is 9.52. The lowest BCUT2D eigenvalue weighted by Crippen LogP contribution is -1.82. The highest BCUT2D eigenvalue weighted by atomic mass is 19.1. The Morgan fingerprint density at radius 3 is 1.75 bits per heavy atom. The van der Waals surface area contributed by atoms with Crippen molar-refractivity contribution < 1.29 is 17.6 Å². The number of halogens is 4. The van der Waals surface area contributed by atoms with Crippen LogP contribution in [0.2, 0.25) is 0 Å². The van der Waals surface area contributed by atoms with Crippen molar-refractivity contribution in [3.05, 3.63) is 76.9 Å². The molecule has 0 amide bonds. The van der Waals surface area contributed by atoms with E-state index in [9.17, 15) is 17.6 Å². The third kappa shape index (κ3) is 3.99. The molecule has 0 aliphatic heterocycles. The molecule has 20 heavy (non-hydrogen) atoms. The van der Waals surface area contributed by atoms with E-state index in [4.69, 9.17) is 0 Å². The van der Waals surface area contributed by atoms with Crippen LogP contribution in [0.4, 0.5) is 17.6 Å². The van der Waals surface area contributed by atoms with Crippen molar-refractivity contribution >= 4 is 6.08 Å². The molecule has 0 N–H and O–H groups in total. The van der Waals surface area contributed by atoms with E-state index in [1.165, 1.54) is 12.2 Å². The quantitative estimate of drug-likeness (QED) is 0.538. The minimum atomic E-state index is -0.717. The maximum Gasteiger partial charge on any atom is 0.127 e. The summed E-state index contributed by atoms with van der Waals surface area (Å²) >= 11 is 0. The molecule has 0 bridgehead atoms. The molecule has 2 aromatic carbocycles. The largest absolute Gasteiger partial charge is 0.207 e. The Labute approximate surface area is 113 Å². The van der Waals surface area contributed by atoms with Gasteiger partial charge in [0.05, 0.1) is 0 Å². The predicted octanol–water partition coefficient (Wildman–Crippen LogP) is 4.31. The predicted molar refractivity (Wildman–Crippen MR) is 68.6 cm³/mol. The van der Waals surface area contributed by atoms with Crippen molar-refractivity contribution in [2.24, 2.45) is 0 Å². The summed E-state index contributed by atoms with van der Waals surface area (Å²) in [5.74, 6) is 2.24. The maximum atomic E-state index is 12.9. The standard InChI is InChI=1S/C16H8F4/c17-13-5-11(6-14(18)9-13)3-1-2-4-12-7-15(19)10-16(20)8-12/h1,3,5-10H/b3-1+. The van der Waals surface area contributed by atoms with Gasteiger partial charge in [0.15, 0.2) is 0 Å². The van der Waals surface area contributed by atoms with E-state index < -0.39 is 23.3 Å². The van der Waals surface area contributed by atoms with Crippen LogP contribution in [0.25, 0.3) is 6.08 Å². The fourth-order valence-electron chi connectivity index (χ4n) is 1.56. The molecule has 0 nitrogen and oxygen atoms in total. The summed E-state index contributed by atoms with van der Waals surface area (Å²) in [4.78, 5) is 0. The van der Waals surface area contributed by atoms with E-state index in [1.807, 2.05) is 0 Å². The van der Waals surface area contributed by atoms with Crippen LogP contribution < -0.4 is 0 Å². The topological polar surface area (TPSA) is 0 Å². The fraction of sp³-hybridized carbons (Fsp3) is 0. The lowest BCUT2D eigenvalue weighted by atomic mass is 10.2. The molecular weight excluding hydrogens is 268 g/mol. The molecule has 0 aliphatic rings. The van der Waals surface area contributed by atoms with Crippen molar-refractivity contribution in [1.29, 1.82) is 0 Å². The molecular formula is C16H8F4. The Bertz CT molecular complexity index is 680. The van der Waals surface area contributed by atoms with Crippen molar-refractivity contribution in [1.82, 2.24) is 0 Å². The van der Waals surface area contributed by atoms with Crippen LogP contribution in [-0.4, -0.2) is 0 Å². The maximum absolute atomic E-state index is 12.9. The molecule has 100 valence electrons. The van der Waals surface area contributed by atoms with E-state index >= 15 is 0 Å². The molecule has 4 heteroatoms. The molecule has 2 rings (SSSR count). The van der Waals surface area contributed by atoms with Crippen LogP contribution >= 0.6 is 0 Å². The molecule has 2 aromatic rings. The van der Waals surface area contributed by atoms with Gasteiger partial charge in [-0.25, -0.2) is 17.6 Å². The van der Waals surface area contributed by atoms with Gasteiger partial charge < -0.3 is 0 Å². The summed E-state index contributed by atoms with van der Waals surface area (Å²) in [7, 11) is 0. The van der Waals surface area contributed by atoms with E-state index in [0.29, 0.717) is 5.56 Å². The molecule has 0 fully saturated rings. The minimum absolute atomic E-state index is 0.178. The van der Waals surface area contributed by atoms with Crippen LogP contribution in [-0.2, 0) is 0 Å². The molecule has 0 aromatic heterocycles. The lowest BCUT2D eigenvalue weighted by molar-refractivity contribution is 0.582. The van der Waals surface area contributed by atoms with Gasteiger partial charge in [0.2, 0.25) is 0 Å². The minimum Gasteiger partial charge on any atom is -0.207 e. The summed E-state index contributed by atoms with van der Waals surface area (Å²) in [6.07, 6.45) is 2.74. The van der Waals surface area contributed by atoms with Gasteiger partial charge in [-0.05, 0) is 42.0 Å². The van der Waals surface area contributed by atoms with Crippen LogP contribution in [0.5, 0.6) is 0 Å². The fourth-order valence-corrected chi connectivity index (χ4v) is 1.56. The molecule has 0 atom stereocenters. The zero-order chi connectivity index (χ0) is 14.5. The highest BCUT2D eigenvalue weighted by Crippen LogP contribution is 2.09. The number of allylic oxidation sites excluding steroid dienone is 1. The summed E-state index contributed by atoms with van der Waals surface area (Å²) < 4.78 is 51.6. The van der Waals surface area contributed by atoms with Crippen LogP contribution in [0.1, 0.15) is 11.1 Å². The molecule has 0 heterocycles. The molecule has 0 spiro atoms. The normalized spacial score (nSPS) is 10.4. The van der Waals surface area contributed by atoms with Gasteiger partial charge >= 0.3 is 0 Å². The third-order valence-electron chi connectivity index (χ3n) is 2.32. The van der Waals surface area contributed by atoms with Gasteiger partial charge in [0.25, 0.3) is 0 Å². The van der Waals surface area contributed by atoms with E-state index in [-0.39, 0.29) is 5.56 Å². The van der Waals surface area contributed by atoms with Gasteiger partial charge in [-0.1, -0.05) is 11.8 Å². The second-order valence-corrected chi connectivity index (χ2v) is 3.96. The zero-order valence-electron chi connectivity index (χ0n) is 10.1. The van der Waals surface area contributed by atoms with E-state index in [2.05, 4.69) is 11.8 Å². The van der Waals surface area contributed by atoms with Crippen molar-refractivity contribution in [3.63, 3.8) is 0 Å². The third-order valence-corrected chi connectivity index (χ3v) is 2.32. The summed E-state index contributed by atoms with van der Waals surface area (Å²) in [5, 5.41) is 0. The summed E-state index contributed by atoms with van der Waals surface area (Å²) in [6, 6.07) is 5.97. The Morgan fingerprint density at radius 2 is 1.20 bits per heavy atom. The second kappa shape index (κ2) is 6.07. The first-order valence-corrected chi connectivity index (χ1v) is 5.63. The molecule has 0 aliphatic carbocycles.